The number of nitrogens with zero attached hydrogens (tertiary/aromatic N) is 3. The molecule has 182 valence electrons. The molecule has 10 nitrogen and oxygen atoms in total. The predicted molar refractivity (Wildman–Crippen MR) is 133 cm³/mol. The van der Waals surface area contributed by atoms with E-state index < -0.39 is 20.9 Å². The first-order chi connectivity index (χ1) is 16.7. The molecule has 1 aliphatic heterocycles. The number of likely N-dealkylation sites (N-methyl/N-ethyl adjacent to an activating group) is 1. The number of nitro groups is 1. The number of para-hydroxylation sites is 1. The fraction of sp³-hybridized carbons (Fsp3) is 0.208. The van der Waals surface area contributed by atoms with Crippen molar-refractivity contribution in [1.29, 1.82) is 0 Å². The number of rotatable bonds is 7. The lowest BCUT2D eigenvalue weighted by Gasteiger charge is -2.31. The van der Waals surface area contributed by atoms with Gasteiger partial charge in [-0.25, -0.2) is 8.42 Å². The number of sulfonamides is 1. The molecule has 4 rings (SSSR count). The molecule has 0 atom stereocenters. The van der Waals surface area contributed by atoms with Crippen molar-refractivity contribution in [2.24, 2.45) is 0 Å². The Labute approximate surface area is 203 Å². The number of carbonyl (C=O) groups excluding carboxylic acids is 1. The summed E-state index contributed by atoms with van der Waals surface area (Å²) < 4.78 is 27.5. The summed E-state index contributed by atoms with van der Waals surface area (Å²) in [6.07, 6.45) is 0. The van der Waals surface area contributed by atoms with Gasteiger partial charge < -0.3 is 15.5 Å². The van der Waals surface area contributed by atoms with Gasteiger partial charge in [0.05, 0.1) is 9.82 Å². The number of anilines is 3. The Balaban J connectivity index is 1.53. The third kappa shape index (κ3) is 5.65. The van der Waals surface area contributed by atoms with Gasteiger partial charge in [0, 0.05) is 49.2 Å². The minimum absolute atomic E-state index is 0.0719. The van der Waals surface area contributed by atoms with Crippen LogP contribution in [0.2, 0.25) is 0 Å². The Bertz CT molecular complexity index is 1340. The van der Waals surface area contributed by atoms with Crippen LogP contribution in [-0.2, 0) is 10.0 Å². The molecule has 0 bridgehead atoms. The normalized spacial score (nSPS) is 14.9. The quantitative estimate of drug-likeness (QED) is 0.379. The number of hydrogen-bond donors (Lipinski definition) is 2. The number of nitro benzene ring substituents is 1. The zero-order chi connectivity index (χ0) is 25.0. The second-order valence-electron chi connectivity index (χ2n) is 8.17. The highest BCUT2D eigenvalue weighted by Gasteiger charge is 2.27. The Kier molecular flexibility index (Phi) is 7.10. The highest BCUT2D eigenvalue weighted by molar-refractivity contribution is 7.89. The molecule has 35 heavy (non-hydrogen) atoms. The first kappa shape index (κ1) is 24.3. The summed E-state index contributed by atoms with van der Waals surface area (Å²) in [5, 5.41) is 17.3. The van der Waals surface area contributed by atoms with Crippen molar-refractivity contribution in [3.63, 3.8) is 0 Å². The first-order valence-corrected chi connectivity index (χ1v) is 12.4. The van der Waals surface area contributed by atoms with Gasteiger partial charge in [0.2, 0.25) is 10.0 Å². The van der Waals surface area contributed by atoms with Crippen molar-refractivity contribution < 1.29 is 18.1 Å². The molecule has 2 N–H and O–H groups in total. The second kappa shape index (κ2) is 10.2. The molecule has 0 aliphatic carbocycles. The minimum Gasteiger partial charge on any atom is -0.350 e. The van der Waals surface area contributed by atoms with Gasteiger partial charge in [-0.05, 0) is 49.5 Å². The molecule has 1 fully saturated rings. The van der Waals surface area contributed by atoms with Crippen LogP contribution < -0.4 is 10.6 Å². The van der Waals surface area contributed by atoms with Gasteiger partial charge >= 0.3 is 0 Å². The zero-order valence-corrected chi connectivity index (χ0v) is 19.9. The van der Waals surface area contributed by atoms with Crippen LogP contribution in [0.5, 0.6) is 0 Å². The summed E-state index contributed by atoms with van der Waals surface area (Å²) in [4.78, 5) is 26.0. The Hall–Kier alpha value is -3.80. The van der Waals surface area contributed by atoms with E-state index in [1.165, 1.54) is 34.6 Å². The molecule has 0 unspecified atom stereocenters. The van der Waals surface area contributed by atoms with Crippen LogP contribution in [-0.4, -0.2) is 61.7 Å². The van der Waals surface area contributed by atoms with E-state index in [0.717, 1.165) is 0 Å². The number of piperazine rings is 1. The van der Waals surface area contributed by atoms with Crippen LogP contribution in [0.25, 0.3) is 0 Å². The number of carbonyl (C=O) groups is 1. The summed E-state index contributed by atoms with van der Waals surface area (Å²) >= 11 is 0. The van der Waals surface area contributed by atoms with Crippen molar-refractivity contribution in [3.05, 3.63) is 88.5 Å². The summed E-state index contributed by atoms with van der Waals surface area (Å²) in [7, 11) is -1.76. The van der Waals surface area contributed by atoms with Gasteiger partial charge in [-0.1, -0.05) is 24.3 Å². The summed E-state index contributed by atoms with van der Waals surface area (Å²) in [6, 6.07) is 19.1. The van der Waals surface area contributed by atoms with Crippen LogP contribution in [0.15, 0.2) is 77.7 Å². The molecule has 0 saturated carbocycles. The van der Waals surface area contributed by atoms with Crippen molar-refractivity contribution in [3.8, 4) is 0 Å². The minimum atomic E-state index is -3.70. The molecule has 1 saturated heterocycles. The highest BCUT2D eigenvalue weighted by Crippen LogP contribution is 2.29. The Morgan fingerprint density at radius 2 is 1.60 bits per heavy atom. The smallest absolute Gasteiger partial charge is 0.293 e. The lowest BCUT2D eigenvalue weighted by atomic mass is 10.1. The van der Waals surface area contributed by atoms with Crippen LogP contribution in [0.3, 0.4) is 0 Å². The summed E-state index contributed by atoms with van der Waals surface area (Å²) in [5.41, 5.74) is 1.01. The Morgan fingerprint density at radius 3 is 2.29 bits per heavy atom. The van der Waals surface area contributed by atoms with Gasteiger partial charge in [0.25, 0.3) is 11.6 Å². The van der Waals surface area contributed by atoms with E-state index >= 15 is 0 Å². The van der Waals surface area contributed by atoms with Crippen molar-refractivity contribution >= 4 is 38.7 Å². The van der Waals surface area contributed by atoms with Crippen molar-refractivity contribution in [1.82, 2.24) is 9.21 Å². The predicted octanol–water partition coefficient (Wildman–Crippen LogP) is 3.53. The number of nitrogens with one attached hydrogen (secondary N) is 2. The van der Waals surface area contributed by atoms with Crippen LogP contribution in [0.1, 0.15) is 10.4 Å². The van der Waals surface area contributed by atoms with Crippen LogP contribution in [0.4, 0.5) is 22.7 Å². The van der Waals surface area contributed by atoms with Gasteiger partial charge in [0.15, 0.2) is 0 Å². The van der Waals surface area contributed by atoms with E-state index in [4.69, 9.17) is 0 Å². The van der Waals surface area contributed by atoms with E-state index in [0.29, 0.717) is 31.9 Å². The summed E-state index contributed by atoms with van der Waals surface area (Å²) in [5.74, 6) is -0.589. The average Bonchev–Trinajstić information content (AvgIpc) is 2.85. The average molecular weight is 496 g/mol. The fourth-order valence-electron chi connectivity index (χ4n) is 3.72. The van der Waals surface area contributed by atoms with E-state index in [2.05, 4.69) is 15.5 Å². The fourth-order valence-corrected chi connectivity index (χ4v) is 5.19. The van der Waals surface area contributed by atoms with Gasteiger partial charge in [-0.3, -0.25) is 14.9 Å². The molecule has 3 aromatic carbocycles. The zero-order valence-electron chi connectivity index (χ0n) is 19.0. The maximum absolute atomic E-state index is 13.0. The van der Waals surface area contributed by atoms with Gasteiger partial charge in [-0.2, -0.15) is 4.31 Å². The first-order valence-electron chi connectivity index (χ1n) is 10.9. The number of amides is 1. The van der Waals surface area contributed by atoms with Crippen LogP contribution >= 0.6 is 0 Å². The molecule has 1 heterocycles. The Morgan fingerprint density at radius 1 is 0.914 bits per heavy atom. The highest BCUT2D eigenvalue weighted by atomic mass is 32.2. The molecule has 0 radical (unpaired) electrons. The largest absolute Gasteiger partial charge is 0.350 e. The third-order valence-corrected chi connectivity index (χ3v) is 7.60. The molecule has 0 spiro atoms. The van der Waals surface area contributed by atoms with Crippen molar-refractivity contribution in [2.75, 3.05) is 43.9 Å². The lowest BCUT2D eigenvalue weighted by Crippen LogP contribution is -2.47. The standard InChI is InChI=1S/C24H25N5O5S/c1-27-12-14-28(15-13-27)35(33,34)21-9-5-8-20(17-21)26-24(30)18-10-11-22(23(16-18)29(31)32)25-19-6-3-2-4-7-19/h2-11,16-17,25H,12-15H2,1H3,(H,26,30). The van der Waals surface area contributed by atoms with Gasteiger partial charge in [0.1, 0.15) is 5.69 Å². The number of hydrogen-bond acceptors (Lipinski definition) is 7. The maximum atomic E-state index is 13.0. The number of benzene rings is 3. The lowest BCUT2D eigenvalue weighted by molar-refractivity contribution is -0.383. The van der Waals surface area contributed by atoms with E-state index in [9.17, 15) is 23.3 Å². The molecule has 3 aromatic rings. The monoisotopic (exact) mass is 495 g/mol. The van der Waals surface area contributed by atoms with E-state index in [1.807, 2.05) is 13.1 Å². The summed E-state index contributed by atoms with van der Waals surface area (Å²) in [6.45, 7) is 2.07. The molecular formula is C24H25N5O5S. The van der Waals surface area contributed by atoms with E-state index in [1.54, 1.807) is 36.4 Å². The second-order valence-corrected chi connectivity index (χ2v) is 10.1. The molecule has 1 amide bonds. The maximum Gasteiger partial charge on any atom is 0.293 e. The SMILES string of the molecule is CN1CCN(S(=O)(=O)c2cccc(NC(=O)c3ccc(Nc4ccccc4)c([N+](=O)[O-])c3)c2)CC1. The molecular weight excluding hydrogens is 470 g/mol. The molecule has 11 heteroatoms. The van der Waals surface area contributed by atoms with Crippen molar-refractivity contribution in [2.45, 2.75) is 4.90 Å². The molecule has 0 aromatic heterocycles. The third-order valence-electron chi connectivity index (χ3n) is 5.70. The topological polar surface area (TPSA) is 125 Å². The van der Waals surface area contributed by atoms with Gasteiger partial charge in [-0.15, -0.1) is 0 Å². The van der Waals surface area contributed by atoms with E-state index in [-0.39, 0.29) is 27.5 Å². The molecule has 1 aliphatic rings. The van der Waals surface area contributed by atoms with Crippen LogP contribution in [0, 0.1) is 10.1 Å².